The molecule has 1 fully saturated rings. The van der Waals surface area contributed by atoms with Gasteiger partial charge in [0.15, 0.2) is 0 Å². The maximum Gasteiger partial charge on any atom is -0.00104 e. The first-order valence-electron chi connectivity index (χ1n) is 5.45. The highest BCUT2D eigenvalue weighted by atomic mass is 14.3. The lowest BCUT2D eigenvalue weighted by molar-refractivity contribution is 0.944. The molecule has 0 aromatic heterocycles. The second-order valence-electron chi connectivity index (χ2n) is 4.41. The lowest BCUT2D eigenvalue weighted by Crippen LogP contribution is -1.94. The molecule has 0 radical (unpaired) electrons. The molecule has 1 aromatic carbocycles. The van der Waals surface area contributed by atoms with Crippen LogP contribution in [0.1, 0.15) is 48.3 Å². The summed E-state index contributed by atoms with van der Waals surface area (Å²) in [5.41, 5.74) is 4.37. The normalized spacial score (nSPS) is 17.9. The number of hydrogen-bond donors (Lipinski definition) is 0. The Bertz CT molecular complexity index is 345. The number of rotatable bonds is 3. The van der Waals surface area contributed by atoms with Crippen molar-refractivity contribution in [3.8, 4) is 0 Å². The Labute approximate surface area is 86.7 Å². The van der Waals surface area contributed by atoms with Crippen LogP contribution < -0.4 is 0 Å². The fourth-order valence-electron chi connectivity index (χ4n) is 1.95. The van der Waals surface area contributed by atoms with Crippen LogP contribution in [0.2, 0.25) is 0 Å². The van der Waals surface area contributed by atoms with E-state index in [4.69, 9.17) is 0 Å². The molecule has 74 valence electrons. The molecule has 0 aliphatic heterocycles. The minimum absolute atomic E-state index is 0.480. The van der Waals surface area contributed by atoms with Gasteiger partial charge in [-0.2, -0.15) is 0 Å². The van der Waals surface area contributed by atoms with Gasteiger partial charge in [0.2, 0.25) is 0 Å². The molecule has 2 rings (SSSR count). The van der Waals surface area contributed by atoms with E-state index >= 15 is 0 Å². The highest BCUT2D eigenvalue weighted by molar-refractivity contribution is 5.38. The van der Waals surface area contributed by atoms with E-state index in [1.165, 1.54) is 29.5 Å². The standard InChI is InChI=1S/C14H18/c1-4-10(2)14-9-13(12-7-8-12)6-5-11(14)3/h4-6,9-10,12H,1,7-8H2,2-3H3. The van der Waals surface area contributed by atoms with Gasteiger partial charge in [-0.25, -0.2) is 0 Å². The van der Waals surface area contributed by atoms with Crippen molar-refractivity contribution >= 4 is 0 Å². The highest BCUT2D eigenvalue weighted by Crippen LogP contribution is 2.41. The first kappa shape index (κ1) is 9.51. The average molecular weight is 186 g/mol. The van der Waals surface area contributed by atoms with E-state index in [0.717, 1.165) is 5.92 Å². The SMILES string of the molecule is C=CC(C)c1cc(C2CC2)ccc1C. The van der Waals surface area contributed by atoms with Gasteiger partial charge in [-0.05, 0) is 48.3 Å². The van der Waals surface area contributed by atoms with Gasteiger partial charge in [0.1, 0.15) is 0 Å². The molecule has 1 aromatic rings. The molecule has 1 saturated carbocycles. The molecule has 0 N–H and O–H groups in total. The Kier molecular flexibility index (Phi) is 2.45. The first-order valence-corrected chi connectivity index (χ1v) is 5.45. The smallest absolute Gasteiger partial charge is 0.00104 e. The molecule has 0 amide bonds. The summed E-state index contributed by atoms with van der Waals surface area (Å²) in [6.07, 6.45) is 4.79. The molecule has 1 aliphatic rings. The monoisotopic (exact) mass is 186 g/mol. The zero-order valence-corrected chi connectivity index (χ0v) is 9.09. The second kappa shape index (κ2) is 3.61. The zero-order chi connectivity index (χ0) is 10.1. The van der Waals surface area contributed by atoms with Crippen molar-refractivity contribution in [3.05, 3.63) is 47.5 Å². The molecule has 0 spiro atoms. The van der Waals surface area contributed by atoms with E-state index in [9.17, 15) is 0 Å². The van der Waals surface area contributed by atoms with Crippen molar-refractivity contribution in [3.63, 3.8) is 0 Å². The van der Waals surface area contributed by atoms with Crippen molar-refractivity contribution in [1.82, 2.24) is 0 Å². The van der Waals surface area contributed by atoms with Crippen LogP contribution in [-0.2, 0) is 0 Å². The van der Waals surface area contributed by atoms with E-state index < -0.39 is 0 Å². The van der Waals surface area contributed by atoms with E-state index in [1.807, 2.05) is 6.08 Å². The van der Waals surface area contributed by atoms with Gasteiger partial charge >= 0.3 is 0 Å². The lowest BCUT2D eigenvalue weighted by atomic mass is 9.93. The van der Waals surface area contributed by atoms with Crippen molar-refractivity contribution in [2.24, 2.45) is 0 Å². The van der Waals surface area contributed by atoms with Crippen LogP contribution >= 0.6 is 0 Å². The molecule has 1 aliphatic carbocycles. The van der Waals surface area contributed by atoms with Crippen molar-refractivity contribution in [2.45, 2.75) is 38.5 Å². The third-order valence-corrected chi connectivity index (χ3v) is 3.20. The number of allylic oxidation sites excluding steroid dienone is 1. The summed E-state index contributed by atoms with van der Waals surface area (Å²) in [5, 5.41) is 0. The predicted octanol–water partition coefficient (Wildman–Crippen LogP) is 4.16. The summed E-state index contributed by atoms with van der Waals surface area (Å²) in [6, 6.07) is 6.91. The number of hydrogen-bond acceptors (Lipinski definition) is 0. The quantitative estimate of drug-likeness (QED) is 0.622. The Morgan fingerprint density at radius 2 is 2.14 bits per heavy atom. The topological polar surface area (TPSA) is 0 Å². The Hall–Kier alpha value is -1.04. The largest absolute Gasteiger partial charge is 0.102 e. The van der Waals surface area contributed by atoms with Crippen LogP contribution in [0.3, 0.4) is 0 Å². The van der Waals surface area contributed by atoms with Crippen molar-refractivity contribution in [1.29, 1.82) is 0 Å². The fourth-order valence-corrected chi connectivity index (χ4v) is 1.95. The summed E-state index contributed by atoms with van der Waals surface area (Å²) in [7, 11) is 0. The minimum Gasteiger partial charge on any atom is -0.102 e. The van der Waals surface area contributed by atoms with Gasteiger partial charge < -0.3 is 0 Å². The van der Waals surface area contributed by atoms with E-state index in [0.29, 0.717) is 5.92 Å². The summed E-state index contributed by atoms with van der Waals surface area (Å²) in [6.45, 7) is 8.27. The molecule has 0 saturated heterocycles. The summed E-state index contributed by atoms with van der Waals surface area (Å²) < 4.78 is 0. The molecule has 14 heavy (non-hydrogen) atoms. The molecule has 0 heteroatoms. The van der Waals surface area contributed by atoms with Gasteiger partial charge in [0.05, 0.1) is 0 Å². The van der Waals surface area contributed by atoms with Crippen LogP contribution in [-0.4, -0.2) is 0 Å². The second-order valence-corrected chi connectivity index (χ2v) is 4.41. The van der Waals surface area contributed by atoms with Crippen molar-refractivity contribution < 1.29 is 0 Å². The van der Waals surface area contributed by atoms with Gasteiger partial charge in [0.25, 0.3) is 0 Å². The fraction of sp³-hybridized carbons (Fsp3) is 0.429. The lowest BCUT2D eigenvalue weighted by Gasteiger charge is -2.12. The molecular formula is C14H18. The van der Waals surface area contributed by atoms with Gasteiger partial charge in [0, 0.05) is 0 Å². The number of benzene rings is 1. The van der Waals surface area contributed by atoms with Gasteiger partial charge in [-0.3, -0.25) is 0 Å². The highest BCUT2D eigenvalue weighted by Gasteiger charge is 2.24. The summed E-state index contributed by atoms with van der Waals surface area (Å²) in [4.78, 5) is 0. The molecule has 0 heterocycles. The zero-order valence-electron chi connectivity index (χ0n) is 9.09. The van der Waals surface area contributed by atoms with Crippen LogP contribution in [0.25, 0.3) is 0 Å². The molecule has 0 bridgehead atoms. The van der Waals surface area contributed by atoms with Crippen LogP contribution in [0, 0.1) is 6.92 Å². The summed E-state index contributed by atoms with van der Waals surface area (Å²) >= 11 is 0. The van der Waals surface area contributed by atoms with E-state index in [-0.39, 0.29) is 0 Å². The molecule has 0 nitrogen and oxygen atoms in total. The average Bonchev–Trinajstić information content (AvgIpc) is 3.01. The maximum atomic E-state index is 3.87. The number of aryl methyl sites for hydroxylation is 1. The van der Waals surface area contributed by atoms with Gasteiger partial charge in [-0.1, -0.05) is 31.2 Å². The maximum absolute atomic E-state index is 3.87. The molecule has 1 atom stereocenters. The first-order chi connectivity index (χ1) is 6.72. The van der Waals surface area contributed by atoms with Crippen molar-refractivity contribution in [2.75, 3.05) is 0 Å². The van der Waals surface area contributed by atoms with Crippen LogP contribution in [0.4, 0.5) is 0 Å². The summed E-state index contributed by atoms with van der Waals surface area (Å²) in [5.74, 6) is 1.33. The predicted molar refractivity (Wildman–Crippen MR) is 61.8 cm³/mol. The van der Waals surface area contributed by atoms with Gasteiger partial charge in [-0.15, -0.1) is 6.58 Å². The third kappa shape index (κ3) is 1.75. The molecule has 1 unspecified atom stereocenters. The Morgan fingerprint density at radius 1 is 1.43 bits per heavy atom. The van der Waals surface area contributed by atoms with Crippen LogP contribution in [0.15, 0.2) is 30.9 Å². The minimum atomic E-state index is 0.480. The third-order valence-electron chi connectivity index (χ3n) is 3.20. The Morgan fingerprint density at radius 3 is 2.71 bits per heavy atom. The van der Waals surface area contributed by atoms with E-state index in [2.05, 4.69) is 38.6 Å². The van der Waals surface area contributed by atoms with E-state index in [1.54, 1.807) is 0 Å². The molecular weight excluding hydrogens is 168 g/mol. The van der Waals surface area contributed by atoms with Crippen LogP contribution in [0.5, 0.6) is 0 Å². The Balaban J connectivity index is 2.35.